The largest absolute Gasteiger partial charge is 0.493 e. The number of unbranched alkanes of at least 4 members (excludes halogenated alkanes) is 3. The molecule has 0 aliphatic rings. The first-order valence-electron chi connectivity index (χ1n) is 14.5. The highest BCUT2D eigenvalue weighted by molar-refractivity contribution is 5.91. The van der Waals surface area contributed by atoms with E-state index < -0.39 is 0 Å². The maximum Gasteiger partial charge on any atom is 0.243 e. The first-order chi connectivity index (χ1) is 20.2. The van der Waals surface area contributed by atoms with Crippen LogP contribution in [0.2, 0.25) is 0 Å². The quantitative estimate of drug-likeness (QED) is 0.0858. The van der Waals surface area contributed by atoms with Gasteiger partial charge in [0.2, 0.25) is 5.91 Å². The standard InChI is InChI=1S/C35H41N3O3/c1-3-14-29-20-22-32(33(27-29)40-2)41-26-13-12-25-38-31-18-10-9-17-30(31)37-34(38)19-8-5-11-24-36-35(39)23-21-28-15-6-4-7-16-28/h3-4,6-7,9-10,15-18,20-23,27H,1,5,8,11-14,19,24-26H2,2H3,(H,36,39)/b23-21+. The van der Waals surface area contributed by atoms with E-state index >= 15 is 0 Å². The number of benzene rings is 3. The molecular weight excluding hydrogens is 510 g/mol. The minimum atomic E-state index is -0.0530. The van der Waals surface area contributed by atoms with Crippen molar-refractivity contribution in [2.75, 3.05) is 20.3 Å². The van der Waals surface area contributed by atoms with Crippen LogP contribution in [0.15, 0.2) is 91.5 Å². The number of ether oxygens (including phenoxy) is 2. The summed E-state index contributed by atoms with van der Waals surface area (Å²) in [5, 5.41) is 2.98. The minimum Gasteiger partial charge on any atom is -0.493 e. The molecule has 6 heteroatoms. The predicted molar refractivity (Wildman–Crippen MR) is 167 cm³/mol. The van der Waals surface area contributed by atoms with Gasteiger partial charge in [-0.2, -0.15) is 0 Å². The topological polar surface area (TPSA) is 65.4 Å². The Kier molecular flexibility index (Phi) is 11.6. The van der Waals surface area contributed by atoms with Crippen LogP contribution < -0.4 is 14.8 Å². The lowest BCUT2D eigenvalue weighted by Crippen LogP contribution is -2.22. The molecule has 0 bridgehead atoms. The van der Waals surface area contributed by atoms with Gasteiger partial charge in [0, 0.05) is 25.6 Å². The second-order valence-corrected chi connectivity index (χ2v) is 10.0. The molecule has 0 atom stereocenters. The molecule has 0 spiro atoms. The van der Waals surface area contributed by atoms with Crippen molar-refractivity contribution < 1.29 is 14.3 Å². The van der Waals surface area contributed by atoms with Crippen LogP contribution >= 0.6 is 0 Å². The van der Waals surface area contributed by atoms with Crippen LogP contribution in [0.5, 0.6) is 11.5 Å². The minimum absolute atomic E-state index is 0.0530. The predicted octanol–water partition coefficient (Wildman–Crippen LogP) is 7.18. The van der Waals surface area contributed by atoms with Gasteiger partial charge in [0.15, 0.2) is 11.5 Å². The van der Waals surface area contributed by atoms with Crippen LogP contribution in [0, 0.1) is 0 Å². The SMILES string of the molecule is C=CCc1ccc(OCCCCn2c(CCCCCNC(=O)/C=C/c3ccccc3)nc3ccccc32)c(OC)c1. The number of allylic oxidation sites excluding steroid dienone is 1. The van der Waals surface area contributed by atoms with E-state index in [-0.39, 0.29) is 5.91 Å². The highest BCUT2D eigenvalue weighted by Crippen LogP contribution is 2.28. The summed E-state index contributed by atoms with van der Waals surface area (Å²) in [6.45, 7) is 6.01. The third-order valence-corrected chi connectivity index (χ3v) is 6.98. The summed E-state index contributed by atoms with van der Waals surface area (Å²) in [6.07, 6.45) is 12.0. The second-order valence-electron chi connectivity index (χ2n) is 10.0. The molecule has 0 saturated heterocycles. The number of hydrogen-bond donors (Lipinski definition) is 1. The Labute approximate surface area is 243 Å². The Balaban J connectivity index is 1.20. The van der Waals surface area contributed by atoms with Gasteiger partial charge >= 0.3 is 0 Å². The number of aryl methyl sites for hydroxylation is 2. The summed E-state index contributed by atoms with van der Waals surface area (Å²) in [4.78, 5) is 17.0. The van der Waals surface area contributed by atoms with E-state index in [9.17, 15) is 4.79 Å². The van der Waals surface area contributed by atoms with Crippen LogP contribution in [-0.4, -0.2) is 35.7 Å². The zero-order valence-corrected chi connectivity index (χ0v) is 24.1. The third-order valence-electron chi connectivity index (χ3n) is 6.98. The number of imidazole rings is 1. The van der Waals surface area contributed by atoms with E-state index in [4.69, 9.17) is 14.5 Å². The molecule has 0 fully saturated rings. The van der Waals surface area contributed by atoms with Gasteiger partial charge in [-0.05, 0) is 73.6 Å². The zero-order valence-electron chi connectivity index (χ0n) is 24.1. The lowest BCUT2D eigenvalue weighted by molar-refractivity contribution is -0.116. The third kappa shape index (κ3) is 9.10. The first-order valence-corrected chi connectivity index (χ1v) is 14.5. The van der Waals surface area contributed by atoms with Crippen molar-refractivity contribution in [2.45, 2.75) is 51.5 Å². The number of hydrogen-bond acceptors (Lipinski definition) is 4. The molecule has 4 aromatic rings. The zero-order chi connectivity index (χ0) is 28.7. The van der Waals surface area contributed by atoms with Crippen molar-refractivity contribution in [3.05, 3.63) is 108 Å². The lowest BCUT2D eigenvalue weighted by Gasteiger charge is -2.13. The van der Waals surface area contributed by atoms with Crippen molar-refractivity contribution in [1.82, 2.24) is 14.9 Å². The molecule has 1 amide bonds. The van der Waals surface area contributed by atoms with E-state index in [1.54, 1.807) is 13.2 Å². The number of methoxy groups -OCH3 is 1. The summed E-state index contributed by atoms with van der Waals surface area (Å²) in [6, 6.07) is 24.2. The molecule has 1 heterocycles. The number of para-hydroxylation sites is 2. The molecule has 4 rings (SSSR count). The fourth-order valence-electron chi connectivity index (χ4n) is 4.84. The maximum absolute atomic E-state index is 12.1. The number of rotatable bonds is 17. The van der Waals surface area contributed by atoms with Gasteiger partial charge < -0.3 is 19.4 Å². The lowest BCUT2D eigenvalue weighted by atomic mass is 10.1. The van der Waals surface area contributed by atoms with Crippen molar-refractivity contribution >= 4 is 23.0 Å². The molecule has 3 aromatic carbocycles. The van der Waals surface area contributed by atoms with E-state index in [0.29, 0.717) is 13.2 Å². The Morgan fingerprint density at radius 1 is 0.951 bits per heavy atom. The van der Waals surface area contributed by atoms with Crippen molar-refractivity contribution in [3.63, 3.8) is 0 Å². The van der Waals surface area contributed by atoms with Gasteiger partial charge in [0.1, 0.15) is 5.82 Å². The molecular formula is C35H41N3O3. The van der Waals surface area contributed by atoms with Gasteiger partial charge in [-0.3, -0.25) is 4.79 Å². The second kappa shape index (κ2) is 16.1. The average Bonchev–Trinajstić information content (AvgIpc) is 3.36. The fraction of sp³-hybridized carbons (Fsp3) is 0.314. The molecule has 0 radical (unpaired) electrons. The highest BCUT2D eigenvalue weighted by atomic mass is 16.5. The van der Waals surface area contributed by atoms with Crippen molar-refractivity contribution in [1.29, 1.82) is 0 Å². The van der Waals surface area contributed by atoms with E-state index in [0.717, 1.165) is 85.5 Å². The Morgan fingerprint density at radius 3 is 2.61 bits per heavy atom. The Bertz CT molecular complexity index is 1430. The molecule has 0 aliphatic carbocycles. The number of carbonyl (C=O) groups is 1. The highest BCUT2D eigenvalue weighted by Gasteiger charge is 2.11. The van der Waals surface area contributed by atoms with Crippen molar-refractivity contribution in [3.8, 4) is 11.5 Å². The molecule has 41 heavy (non-hydrogen) atoms. The number of fused-ring (bicyclic) bond motifs is 1. The first kappa shape index (κ1) is 29.7. The maximum atomic E-state index is 12.1. The van der Waals surface area contributed by atoms with Gasteiger partial charge in [-0.1, -0.05) is 61.0 Å². The van der Waals surface area contributed by atoms with Gasteiger partial charge in [-0.15, -0.1) is 6.58 Å². The van der Waals surface area contributed by atoms with Crippen LogP contribution in [0.3, 0.4) is 0 Å². The Hall–Kier alpha value is -4.32. The molecule has 0 saturated carbocycles. The smallest absolute Gasteiger partial charge is 0.243 e. The van der Waals surface area contributed by atoms with Gasteiger partial charge in [-0.25, -0.2) is 4.98 Å². The van der Waals surface area contributed by atoms with Crippen LogP contribution in [-0.2, 0) is 24.2 Å². The van der Waals surface area contributed by atoms with Crippen LogP contribution in [0.1, 0.15) is 49.1 Å². The molecule has 0 aliphatic heterocycles. The van der Waals surface area contributed by atoms with E-state index in [1.165, 1.54) is 5.52 Å². The van der Waals surface area contributed by atoms with Crippen LogP contribution in [0.4, 0.5) is 0 Å². The fourth-order valence-corrected chi connectivity index (χ4v) is 4.84. The average molecular weight is 552 g/mol. The molecule has 214 valence electrons. The van der Waals surface area contributed by atoms with E-state index in [1.807, 2.05) is 60.7 Å². The number of aromatic nitrogens is 2. The normalized spacial score (nSPS) is 11.1. The Morgan fingerprint density at radius 2 is 1.78 bits per heavy atom. The summed E-state index contributed by atoms with van der Waals surface area (Å²) < 4.78 is 13.9. The summed E-state index contributed by atoms with van der Waals surface area (Å²) in [7, 11) is 1.67. The van der Waals surface area contributed by atoms with E-state index in [2.05, 4.69) is 40.7 Å². The summed E-state index contributed by atoms with van der Waals surface area (Å²) in [5.41, 5.74) is 4.40. The summed E-state index contributed by atoms with van der Waals surface area (Å²) >= 11 is 0. The monoisotopic (exact) mass is 551 g/mol. The summed E-state index contributed by atoms with van der Waals surface area (Å²) in [5.74, 6) is 2.61. The van der Waals surface area contributed by atoms with Crippen LogP contribution in [0.25, 0.3) is 17.1 Å². The van der Waals surface area contributed by atoms with Gasteiger partial charge in [0.05, 0.1) is 24.8 Å². The number of carbonyl (C=O) groups excluding carboxylic acids is 1. The molecule has 0 unspecified atom stereocenters. The number of amides is 1. The number of nitrogens with one attached hydrogen (secondary N) is 1. The van der Waals surface area contributed by atoms with Gasteiger partial charge in [0.25, 0.3) is 0 Å². The molecule has 1 aromatic heterocycles. The molecule has 6 nitrogen and oxygen atoms in total. The number of nitrogens with zero attached hydrogens (tertiary/aromatic N) is 2. The molecule has 1 N–H and O–H groups in total. The van der Waals surface area contributed by atoms with Crippen molar-refractivity contribution in [2.24, 2.45) is 0 Å².